The summed E-state index contributed by atoms with van der Waals surface area (Å²) in [6.07, 6.45) is -0.0677. The third-order valence-electron chi connectivity index (χ3n) is 2.55. The van der Waals surface area contributed by atoms with Gasteiger partial charge in [0.15, 0.2) is 0 Å². The summed E-state index contributed by atoms with van der Waals surface area (Å²) in [5, 5.41) is 0. The number of hydrogen-bond donors (Lipinski definition) is 1. The van der Waals surface area contributed by atoms with Crippen LogP contribution in [0.1, 0.15) is 20.3 Å². The Morgan fingerprint density at radius 3 is 2.19 bits per heavy atom. The number of benzene rings is 1. The van der Waals surface area contributed by atoms with Gasteiger partial charge in [-0.3, -0.25) is 0 Å². The Labute approximate surface area is 127 Å². The number of thiol groups is 1. The molecule has 0 saturated heterocycles. The van der Waals surface area contributed by atoms with Crippen molar-refractivity contribution < 1.29 is 22.6 Å². The molecule has 0 aliphatic rings. The second-order valence-corrected chi connectivity index (χ2v) is 4.55. The topological polar surface area (TPSA) is 18.5 Å². The second-order valence-electron chi connectivity index (χ2n) is 4.24. The van der Waals surface area contributed by atoms with E-state index >= 15 is 0 Å². The predicted octanol–water partition coefficient (Wildman–Crippen LogP) is 5.13. The summed E-state index contributed by atoms with van der Waals surface area (Å²) in [5.74, 6) is 1.46. The fraction of sp³-hybridized carbons (Fsp3) is 0.333. The number of halogens is 3. The fourth-order valence-electron chi connectivity index (χ4n) is 1.45. The molecule has 1 aromatic carbocycles. The molecule has 0 unspecified atom stereocenters. The third kappa shape index (κ3) is 7.13. The molecule has 0 radical (unpaired) electrons. The lowest BCUT2D eigenvalue weighted by Gasteiger charge is -2.10. The smallest absolute Gasteiger partial charge is 0.462 e. The Morgan fingerprint density at radius 2 is 1.71 bits per heavy atom. The predicted molar refractivity (Wildman–Crippen MR) is 79.7 cm³/mol. The van der Waals surface area contributed by atoms with Gasteiger partial charge in [0.05, 0.1) is 0 Å². The Kier molecular flexibility index (Phi) is 6.68. The number of alkyl halides is 3. The van der Waals surface area contributed by atoms with Crippen molar-refractivity contribution in [1.82, 2.24) is 0 Å². The first-order chi connectivity index (χ1) is 9.84. The molecular weight excluding hydrogens is 301 g/mol. The zero-order chi connectivity index (χ0) is 15.9. The van der Waals surface area contributed by atoms with Crippen LogP contribution in [0, 0.1) is 0 Å². The van der Waals surface area contributed by atoms with E-state index in [4.69, 9.17) is 4.74 Å². The number of rotatable bonds is 6. The highest BCUT2D eigenvalue weighted by Crippen LogP contribution is 2.25. The molecular formula is C15H17F3O2S. The molecule has 0 atom stereocenters. The molecule has 6 heteroatoms. The van der Waals surface area contributed by atoms with Crippen molar-refractivity contribution in [3.63, 3.8) is 0 Å². The summed E-state index contributed by atoms with van der Waals surface area (Å²) in [5.41, 5.74) is 1.16. The van der Waals surface area contributed by atoms with E-state index in [0.29, 0.717) is 17.3 Å². The lowest BCUT2D eigenvalue weighted by molar-refractivity contribution is -0.274. The van der Waals surface area contributed by atoms with Gasteiger partial charge in [0.25, 0.3) is 0 Å². The molecule has 0 saturated carbocycles. The maximum absolute atomic E-state index is 12.0. The highest BCUT2D eigenvalue weighted by atomic mass is 32.1. The van der Waals surface area contributed by atoms with Gasteiger partial charge in [0.1, 0.15) is 17.3 Å². The highest BCUT2D eigenvalue weighted by Gasteiger charge is 2.30. The number of hydrogen-bond acceptors (Lipinski definition) is 3. The molecule has 116 valence electrons. The van der Waals surface area contributed by atoms with E-state index in [1.165, 1.54) is 24.3 Å². The molecule has 0 bridgehead atoms. The minimum absolute atomic E-state index is 0.278. The van der Waals surface area contributed by atoms with Crippen molar-refractivity contribution in [2.24, 2.45) is 0 Å². The van der Waals surface area contributed by atoms with Gasteiger partial charge in [-0.25, -0.2) is 0 Å². The van der Waals surface area contributed by atoms with Crippen LogP contribution < -0.4 is 9.47 Å². The van der Waals surface area contributed by atoms with E-state index in [9.17, 15) is 13.2 Å². The van der Waals surface area contributed by atoms with E-state index in [0.717, 1.165) is 12.0 Å². The maximum atomic E-state index is 12.0. The van der Waals surface area contributed by atoms with Crippen molar-refractivity contribution >= 4 is 12.6 Å². The molecule has 0 fully saturated rings. The first-order valence-electron chi connectivity index (χ1n) is 6.35. The Bertz CT molecular complexity index is 499. The molecule has 0 spiro atoms. The Balaban J connectivity index is 2.67. The first-order valence-corrected chi connectivity index (χ1v) is 6.98. The van der Waals surface area contributed by atoms with Crippen LogP contribution in [0.2, 0.25) is 0 Å². The van der Waals surface area contributed by atoms with E-state index in [-0.39, 0.29) is 5.75 Å². The van der Waals surface area contributed by atoms with Gasteiger partial charge in [-0.1, -0.05) is 18.6 Å². The molecule has 1 rings (SSSR count). The zero-order valence-corrected chi connectivity index (χ0v) is 12.7. The van der Waals surface area contributed by atoms with Gasteiger partial charge in [-0.05, 0) is 43.7 Å². The lowest BCUT2D eigenvalue weighted by Crippen LogP contribution is -2.16. The van der Waals surface area contributed by atoms with E-state index in [1.807, 2.05) is 13.0 Å². The van der Waals surface area contributed by atoms with Crippen molar-refractivity contribution in [1.29, 1.82) is 0 Å². The summed E-state index contributed by atoms with van der Waals surface area (Å²) in [6, 6.07) is 5.25. The fourth-order valence-corrected chi connectivity index (χ4v) is 1.78. The molecule has 0 amide bonds. The zero-order valence-electron chi connectivity index (χ0n) is 11.8. The average Bonchev–Trinajstić information content (AvgIpc) is 2.40. The summed E-state index contributed by atoms with van der Waals surface area (Å²) < 4.78 is 45.3. The van der Waals surface area contributed by atoms with Crippen molar-refractivity contribution in [2.45, 2.75) is 26.6 Å². The van der Waals surface area contributed by atoms with E-state index < -0.39 is 6.36 Å². The summed E-state index contributed by atoms with van der Waals surface area (Å²) >= 11 is 4.20. The largest absolute Gasteiger partial charge is 0.573 e. The van der Waals surface area contributed by atoms with Crippen LogP contribution in [-0.4, -0.2) is 12.1 Å². The Morgan fingerprint density at radius 1 is 1.14 bits per heavy atom. The normalized spacial score (nSPS) is 13.2. The van der Waals surface area contributed by atoms with E-state index in [1.54, 1.807) is 13.0 Å². The van der Waals surface area contributed by atoms with Crippen molar-refractivity contribution in [3.8, 4) is 11.5 Å². The van der Waals surface area contributed by atoms with E-state index in [2.05, 4.69) is 17.4 Å². The Hall–Kier alpha value is -1.56. The minimum Gasteiger partial charge on any atom is -0.462 e. The van der Waals surface area contributed by atoms with Gasteiger partial charge in [-0.15, -0.1) is 13.2 Å². The van der Waals surface area contributed by atoms with Crippen LogP contribution in [0.3, 0.4) is 0 Å². The van der Waals surface area contributed by atoms with Crippen LogP contribution in [0.4, 0.5) is 13.2 Å². The molecule has 0 aliphatic carbocycles. The summed E-state index contributed by atoms with van der Waals surface area (Å²) in [7, 11) is 0. The van der Waals surface area contributed by atoms with Gasteiger partial charge >= 0.3 is 6.36 Å². The van der Waals surface area contributed by atoms with Crippen LogP contribution >= 0.6 is 12.6 Å². The van der Waals surface area contributed by atoms with Gasteiger partial charge < -0.3 is 9.47 Å². The summed E-state index contributed by atoms with van der Waals surface area (Å²) in [4.78, 5) is 0. The van der Waals surface area contributed by atoms with Gasteiger partial charge in [0.2, 0.25) is 0 Å². The molecule has 0 N–H and O–H groups in total. The second kappa shape index (κ2) is 8.02. The molecule has 1 aromatic rings. The molecule has 2 nitrogen and oxygen atoms in total. The van der Waals surface area contributed by atoms with Crippen molar-refractivity contribution in [2.75, 3.05) is 5.75 Å². The molecule has 0 aromatic heterocycles. The van der Waals surface area contributed by atoms with Crippen molar-refractivity contribution in [3.05, 3.63) is 47.7 Å². The summed E-state index contributed by atoms with van der Waals surface area (Å²) in [6.45, 7) is 3.80. The van der Waals surface area contributed by atoms with Crippen LogP contribution in [0.5, 0.6) is 11.5 Å². The maximum Gasteiger partial charge on any atom is 0.573 e. The third-order valence-corrected chi connectivity index (χ3v) is 2.95. The number of allylic oxidation sites excluding steroid dienone is 3. The van der Waals surface area contributed by atoms with Gasteiger partial charge in [-0.2, -0.15) is 12.6 Å². The van der Waals surface area contributed by atoms with Gasteiger partial charge in [0, 0.05) is 5.75 Å². The molecule has 21 heavy (non-hydrogen) atoms. The molecule has 0 heterocycles. The minimum atomic E-state index is -4.69. The van der Waals surface area contributed by atoms with Crippen LogP contribution in [0.25, 0.3) is 0 Å². The highest BCUT2D eigenvalue weighted by molar-refractivity contribution is 7.80. The monoisotopic (exact) mass is 318 g/mol. The quantitative estimate of drug-likeness (QED) is 0.445. The first kappa shape index (κ1) is 17.5. The lowest BCUT2D eigenvalue weighted by atomic mass is 10.2. The molecule has 0 aliphatic heterocycles. The number of ether oxygens (including phenoxy) is 2. The average molecular weight is 318 g/mol. The van der Waals surface area contributed by atoms with Crippen LogP contribution in [-0.2, 0) is 0 Å². The standard InChI is InChI=1S/C15H17F3O2S/c1-3-12(10-21)5-4-11(2)19-13-6-8-14(9-7-13)20-15(16,17)18/h4-9,21H,3,10H2,1-2H3/b11-4+,12-5+. The van der Waals surface area contributed by atoms with Crippen LogP contribution in [0.15, 0.2) is 47.7 Å². The SMILES string of the molecule is CC/C(=C\C=C(/C)Oc1ccc(OC(F)(F)F)cc1)CS.